The van der Waals surface area contributed by atoms with Gasteiger partial charge in [0, 0.05) is 32.0 Å². The van der Waals surface area contributed by atoms with Crippen molar-refractivity contribution in [3.05, 3.63) is 76.0 Å². The van der Waals surface area contributed by atoms with Crippen molar-refractivity contribution in [1.29, 1.82) is 0 Å². The average molecular weight is 368 g/mol. The number of hydrogen-bond acceptors (Lipinski definition) is 6. The summed E-state index contributed by atoms with van der Waals surface area (Å²) in [6.45, 7) is 0.602. The number of methoxy groups -OCH3 is 1. The van der Waals surface area contributed by atoms with Crippen molar-refractivity contribution in [2.75, 3.05) is 20.3 Å². The third-order valence-corrected chi connectivity index (χ3v) is 3.89. The van der Waals surface area contributed by atoms with Crippen LogP contribution in [0.2, 0.25) is 0 Å². The van der Waals surface area contributed by atoms with Crippen LogP contribution in [-0.2, 0) is 27.1 Å². The van der Waals surface area contributed by atoms with Crippen molar-refractivity contribution in [3.8, 4) is 5.69 Å². The van der Waals surface area contributed by atoms with E-state index in [1.54, 1.807) is 30.4 Å². The van der Waals surface area contributed by atoms with Gasteiger partial charge in [-0.2, -0.15) is 10.2 Å². The Labute approximate surface area is 155 Å². The summed E-state index contributed by atoms with van der Waals surface area (Å²) in [5.41, 5.74) is 2.73. The minimum atomic E-state index is -0.315. The Hall–Kier alpha value is -3.26. The molecule has 1 aromatic carbocycles. The van der Waals surface area contributed by atoms with Gasteiger partial charge in [-0.3, -0.25) is 14.7 Å². The maximum Gasteiger partial charge on any atom is 0.310 e. The van der Waals surface area contributed by atoms with Crippen LogP contribution in [0, 0.1) is 0 Å². The summed E-state index contributed by atoms with van der Waals surface area (Å²) in [7, 11) is 1.55. The lowest BCUT2D eigenvalue weighted by Crippen LogP contribution is -2.16. The Morgan fingerprint density at radius 1 is 1.22 bits per heavy atom. The number of aromatic amines is 1. The molecule has 140 valence electrons. The van der Waals surface area contributed by atoms with Crippen LogP contribution in [0.4, 0.5) is 0 Å². The molecule has 8 nitrogen and oxygen atoms in total. The van der Waals surface area contributed by atoms with Gasteiger partial charge in [0.15, 0.2) is 0 Å². The molecule has 0 radical (unpaired) electrons. The maximum absolute atomic E-state index is 12.2. The van der Waals surface area contributed by atoms with Gasteiger partial charge >= 0.3 is 5.97 Å². The summed E-state index contributed by atoms with van der Waals surface area (Å²) in [5, 5.41) is 11.0. The molecule has 1 N–H and O–H groups in total. The van der Waals surface area contributed by atoms with E-state index in [0.717, 1.165) is 16.8 Å². The molecule has 0 unspecified atom stereocenters. The number of carbonyl (C=O) groups excluding carboxylic acids is 1. The summed E-state index contributed by atoms with van der Waals surface area (Å²) in [5.74, 6) is -0.315. The Morgan fingerprint density at radius 3 is 2.85 bits per heavy atom. The smallest absolute Gasteiger partial charge is 0.310 e. The number of nitrogens with one attached hydrogen (secondary N) is 1. The molecule has 3 rings (SSSR count). The molecule has 3 aromatic rings. The Bertz CT molecular complexity index is 950. The number of rotatable bonds is 8. The molecule has 8 heteroatoms. The first-order chi connectivity index (χ1) is 13.2. The number of hydrogen-bond donors (Lipinski definition) is 1. The lowest BCUT2D eigenvalue weighted by molar-refractivity contribution is -0.144. The van der Waals surface area contributed by atoms with E-state index in [4.69, 9.17) is 9.47 Å². The normalized spacial score (nSPS) is 10.7. The zero-order valence-electron chi connectivity index (χ0n) is 14.9. The number of nitrogens with zero attached hydrogens (tertiary/aromatic N) is 3. The van der Waals surface area contributed by atoms with E-state index in [9.17, 15) is 9.59 Å². The Morgan fingerprint density at radius 2 is 2.07 bits per heavy atom. The molecule has 0 atom stereocenters. The SMILES string of the molecule is COCCOC(=O)Cc1cccc(Cc2nn(-c3cn[nH]c3)ccc2=O)c1. The van der Waals surface area contributed by atoms with Crippen molar-refractivity contribution in [2.45, 2.75) is 12.8 Å². The second-order valence-electron chi connectivity index (χ2n) is 5.91. The maximum atomic E-state index is 12.2. The van der Waals surface area contributed by atoms with E-state index in [1.807, 2.05) is 24.3 Å². The van der Waals surface area contributed by atoms with Gasteiger partial charge in [0.2, 0.25) is 5.43 Å². The van der Waals surface area contributed by atoms with Crippen molar-refractivity contribution in [3.63, 3.8) is 0 Å². The molecule has 2 aromatic heterocycles. The van der Waals surface area contributed by atoms with Crippen LogP contribution in [0.5, 0.6) is 0 Å². The van der Waals surface area contributed by atoms with Gasteiger partial charge in [-0.25, -0.2) is 4.68 Å². The summed E-state index contributed by atoms with van der Waals surface area (Å²) in [4.78, 5) is 24.0. The highest BCUT2D eigenvalue weighted by Gasteiger charge is 2.09. The molecular weight excluding hydrogens is 348 g/mol. The van der Waals surface area contributed by atoms with Crippen LogP contribution >= 0.6 is 0 Å². The number of esters is 1. The highest BCUT2D eigenvalue weighted by atomic mass is 16.6. The van der Waals surface area contributed by atoms with Crippen LogP contribution in [-0.4, -0.2) is 46.3 Å². The van der Waals surface area contributed by atoms with E-state index < -0.39 is 0 Å². The quantitative estimate of drug-likeness (QED) is 0.475. The zero-order valence-corrected chi connectivity index (χ0v) is 14.9. The van der Waals surface area contributed by atoms with E-state index in [0.29, 0.717) is 18.7 Å². The molecule has 0 saturated carbocycles. The first-order valence-electron chi connectivity index (χ1n) is 8.46. The number of ether oxygens (including phenoxy) is 2. The summed E-state index contributed by atoms with van der Waals surface area (Å²) >= 11 is 0. The van der Waals surface area contributed by atoms with E-state index >= 15 is 0 Å². The molecule has 27 heavy (non-hydrogen) atoms. The molecular formula is C19H20N4O4. The fraction of sp³-hybridized carbons (Fsp3) is 0.263. The zero-order chi connectivity index (χ0) is 19.1. The van der Waals surface area contributed by atoms with Gasteiger partial charge in [-0.05, 0) is 11.1 Å². The molecule has 0 aliphatic rings. The number of carbonyl (C=O) groups is 1. The summed E-state index contributed by atoms with van der Waals surface area (Å²) in [6.07, 6.45) is 5.44. The van der Waals surface area contributed by atoms with Gasteiger partial charge in [-0.15, -0.1) is 0 Å². The van der Waals surface area contributed by atoms with Crippen molar-refractivity contribution in [2.24, 2.45) is 0 Å². The van der Waals surface area contributed by atoms with Gasteiger partial charge < -0.3 is 9.47 Å². The predicted octanol–water partition coefficient (Wildman–Crippen LogP) is 1.28. The van der Waals surface area contributed by atoms with Crippen molar-refractivity contribution < 1.29 is 14.3 Å². The Kier molecular flexibility index (Phi) is 6.11. The third-order valence-electron chi connectivity index (χ3n) is 3.89. The third kappa shape index (κ3) is 5.11. The highest BCUT2D eigenvalue weighted by molar-refractivity contribution is 5.72. The second-order valence-corrected chi connectivity index (χ2v) is 5.91. The lowest BCUT2D eigenvalue weighted by Gasteiger charge is -2.07. The second kappa shape index (κ2) is 8.91. The van der Waals surface area contributed by atoms with Gasteiger partial charge in [0.1, 0.15) is 18.0 Å². The minimum absolute atomic E-state index is 0.140. The topological polar surface area (TPSA) is 99.1 Å². The van der Waals surface area contributed by atoms with Crippen LogP contribution in [0.15, 0.2) is 53.7 Å². The summed E-state index contributed by atoms with van der Waals surface area (Å²) < 4.78 is 11.5. The predicted molar refractivity (Wildman–Crippen MR) is 97.8 cm³/mol. The lowest BCUT2D eigenvalue weighted by atomic mass is 10.0. The molecule has 2 heterocycles. The molecule has 0 amide bonds. The first-order valence-corrected chi connectivity index (χ1v) is 8.46. The molecule has 0 saturated heterocycles. The van der Waals surface area contributed by atoms with Crippen molar-refractivity contribution in [1.82, 2.24) is 20.0 Å². The monoisotopic (exact) mass is 368 g/mol. The van der Waals surface area contributed by atoms with E-state index in [2.05, 4.69) is 15.3 Å². The molecule has 0 aliphatic carbocycles. The van der Waals surface area contributed by atoms with Gasteiger partial charge in [0.05, 0.1) is 19.2 Å². The molecule has 0 aliphatic heterocycles. The number of aromatic nitrogens is 4. The Balaban J connectivity index is 1.72. The van der Waals surface area contributed by atoms with Crippen molar-refractivity contribution >= 4 is 5.97 Å². The minimum Gasteiger partial charge on any atom is -0.463 e. The molecule has 0 fully saturated rings. The molecule has 0 spiro atoms. The first kappa shape index (κ1) is 18.5. The average Bonchev–Trinajstić information content (AvgIpc) is 3.19. The fourth-order valence-corrected chi connectivity index (χ4v) is 2.58. The largest absolute Gasteiger partial charge is 0.463 e. The highest BCUT2D eigenvalue weighted by Crippen LogP contribution is 2.10. The molecule has 0 bridgehead atoms. The van der Waals surface area contributed by atoms with Gasteiger partial charge in [-0.1, -0.05) is 24.3 Å². The number of H-pyrrole nitrogens is 1. The van der Waals surface area contributed by atoms with E-state index in [1.165, 1.54) is 6.07 Å². The summed E-state index contributed by atoms with van der Waals surface area (Å²) in [6, 6.07) is 8.96. The van der Waals surface area contributed by atoms with E-state index in [-0.39, 0.29) is 24.4 Å². The van der Waals surface area contributed by atoms with Crippen LogP contribution < -0.4 is 5.43 Å². The fourth-order valence-electron chi connectivity index (χ4n) is 2.58. The van der Waals surface area contributed by atoms with Crippen LogP contribution in [0.1, 0.15) is 16.8 Å². The van der Waals surface area contributed by atoms with Gasteiger partial charge in [0.25, 0.3) is 0 Å². The van der Waals surface area contributed by atoms with Crippen LogP contribution in [0.3, 0.4) is 0 Å². The van der Waals surface area contributed by atoms with Crippen LogP contribution in [0.25, 0.3) is 5.69 Å². The standard InChI is InChI=1S/C19H20N4O4/c1-26-7-8-27-19(25)11-15-4-2-3-14(9-15)10-17-18(24)5-6-23(22-17)16-12-20-21-13-16/h2-6,9,12-13H,7-8,10-11H2,1H3,(H,20,21). The number of benzene rings is 1.